The molecule has 1 aliphatic heterocycles. The standard InChI is InChI=1S/C19H17F2N3/c20-14-6-9-17(16(21)11-14)22-15-7-4-13(5-8-15)18-12-24-10-2-1-3-19(24)23-18/h4-9,11-12,22H,1-3,10H2. The Balaban J connectivity index is 1.55. The lowest BCUT2D eigenvalue weighted by molar-refractivity contribution is 0.522. The van der Waals surface area contributed by atoms with Crippen LogP contribution in [0.15, 0.2) is 48.7 Å². The van der Waals surface area contributed by atoms with E-state index in [1.165, 1.54) is 25.0 Å². The molecule has 5 heteroatoms. The second-order valence-electron chi connectivity index (χ2n) is 6.02. The number of aryl methyl sites for hydroxylation is 2. The SMILES string of the molecule is Fc1ccc(Nc2ccc(-c3cn4c(n3)CCCC4)cc2)c(F)c1. The summed E-state index contributed by atoms with van der Waals surface area (Å²) in [6.45, 7) is 1.03. The average Bonchev–Trinajstić information content (AvgIpc) is 3.02. The lowest BCUT2D eigenvalue weighted by Gasteiger charge is -2.11. The van der Waals surface area contributed by atoms with Gasteiger partial charge >= 0.3 is 0 Å². The van der Waals surface area contributed by atoms with Gasteiger partial charge < -0.3 is 9.88 Å². The van der Waals surface area contributed by atoms with Crippen LogP contribution in [-0.2, 0) is 13.0 Å². The number of benzene rings is 2. The number of aromatic nitrogens is 2. The molecule has 2 heterocycles. The van der Waals surface area contributed by atoms with Gasteiger partial charge in [-0.3, -0.25) is 0 Å². The van der Waals surface area contributed by atoms with Crippen molar-refractivity contribution < 1.29 is 8.78 Å². The molecular formula is C19H17F2N3. The van der Waals surface area contributed by atoms with Gasteiger partial charge in [-0.2, -0.15) is 0 Å². The molecular weight excluding hydrogens is 308 g/mol. The van der Waals surface area contributed by atoms with Crippen LogP contribution in [0.1, 0.15) is 18.7 Å². The fourth-order valence-electron chi connectivity index (χ4n) is 3.02. The van der Waals surface area contributed by atoms with E-state index < -0.39 is 11.6 Å². The van der Waals surface area contributed by atoms with E-state index in [1.54, 1.807) is 0 Å². The molecule has 1 aromatic heterocycles. The van der Waals surface area contributed by atoms with Crippen molar-refractivity contribution in [3.8, 4) is 11.3 Å². The van der Waals surface area contributed by atoms with Gasteiger partial charge in [0, 0.05) is 36.5 Å². The molecule has 24 heavy (non-hydrogen) atoms. The van der Waals surface area contributed by atoms with Gasteiger partial charge in [0.2, 0.25) is 0 Å². The quantitative estimate of drug-likeness (QED) is 0.741. The molecule has 4 rings (SSSR count). The Bertz CT molecular complexity index is 845. The van der Waals surface area contributed by atoms with E-state index in [1.807, 2.05) is 24.3 Å². The van der Waals surface area contributed by atoms with Crippen LogP contribution < -0.4 is 5.32 Å². The van der Waals surface area contributed by atoms with Crippen LogP contribution in [-0.4, -0.2) is 9.55 Å². The lowest BCUT2D eigenvalue weighted by atomic mass is 10.1. The normalized spacial score (nSPS) is 13.6. The third kappa shape index (κ3) is 2.89. The van der Waals surface area contributed by atoms with E-state index in [0.29, 0.717) is 0 Å². The second-order valence-corrected chi connectivity index (χ2v) is 6.02. The number of nitrogens with zero attached hydrogens (tertiary/aromatic N) is 2. The minimum absolute atomic E-state index is 0.251. The van der Waals surface area contributed by atoms with Crippen molar-refractivity contribution >= 4 is 11.4 Å². The Morgan fingerprint density at radius 1 is 1.00 bits per heavy atom. The van der Waals surface area contributed by atoms with Crippen molar-refractivity contribution in [3.63, 3.8) is 0 Å². The molecule has 3 nitrogen and oxygen atoms in total. The van der Waals surface area contributed by atoms with E-state index in [4.69, 9.17) is 4.98 Å². The Labute approximate surface area is 139 Å². The van der Waals surface area contributed by atoms with Gasteiger partial charge in [0.05, 0.1) is 11.4 Å². The summed E-state index contributed by atoms with van der Waals surface area (Å²) < 4.78 is 28.9. The van der Waals surface area contributed by atoms with Gasteiger partial charge in [-0.15, -0.1) is 0 Å². The maximum atomic E-state index is 13.7. The smallest absolute Gasteiger partial charge is 0.149 e. The van der Waals surface area contributed by atoms with Crippen LogP contribution >= 0.6 is 0 Å². The van der Waals surface area contributed by atoms with Crippen LogP contribution in [0.3, 0.4) is 0 Å². The Morgan fingerprint density at radius 2 is 1.83 bits per heavy atom. The Kier molecular flexibility index (Phi) is 3.76. The zero-order valence-corrected chi connectivity index (χ0v) is 13.1. The molecule has 0 radical (unpaired) electrons. The molecule has 3 aromatic rings. The molecule has 0 atom stereocenters. The highest BCUT2D eigenvalue weighted by Gasteiger charge is 2.13. The molecule has 0 amide bonds. The summed E-state index contributed by atoms with van der Waals surface area (Å²) >= 11 is 0. The minimum atomic E-state index is -0.610. The molecule has 0 saturated heterocycles. The van der Waals surface area contributed by atoms with Crippen molar-refractivity contribution in [2.75, 3.05) is 5.32 Å². The van der Waals surface area contributed by atoms with E-state index in [9.17, 15) is 8.78 Å². The van der Waals surface area contributed by atoms with Crippen molar-refractivity contribution in [1.29, 1.82) is 0 Å². The highest BCUT2D eigenvalue weighted by molar-refractivity contribution is 5.66. The summed E-state index contributed by atoms with van der Waals surface area (Å²) in [7, 11) is 0. The number of anilines is 2. The Morgan fingerprint density at radius 3 is 2.58 bits per heavy atom. The van der Waals surface area contributed by atoms with Gasteiger partial charge in [-0.1, -0.05) is 12.1 Å². The lowest BCUT2D eigenvalue weighted by Crippen LogP contribution is -2.08. The molecule has 0 bridgehead atoms. The Hall–Kier alpha value is -2.69. The molecule has 0 unspecified atom stereocenters. The zero-order valence-electron chi connectivity index (χ0n) is 13.1. The summed E-state index contributed by atoms with van der Waals surface area (Å²) in [4.78, 5) is 4.70. The van der Waals surface area contributed by atoms with Crippen molar-refractivity contribution in [2.45, 2.75) is 25.8 Å². The topological polar surface area (TPSA) is 29.9 Å². The number of hydrogen-bond acceptors (Lipinski definition) is 2. The van der Waals surface area contributed by atoms with Crippen LogP contribution in [0.2, 0.25) is 0 Å². The number of nitrogens with one attached hydrogen (secondary N) is 1. The van der Waals surface area contributed by atoms with Gasteiger partial charge in [0.25, 0.3) is 0 Å². The molecule has 0 spiro atoms. The van der Waals surface area contributed by atoms with Crippen molar-refractivity contribution in [3.05, 3.63) is 66.1 Å². The number of rotatable bonds is 3. The maximum absolute atomic E-state index is 13.7. The molecule has 1 N–H and O–H groups in total. The summed E-state index contributed by atoms with van der Waals surface area (Å²) in [5, 5.41) is 2.96. The summed E-state index contributed by atoms with van der Waals surface area (Å²) in [5.41, 5.74) is 2.99. The molecule has 0 fully saturated rings. The number of fused-ring (bicyclic) bond motifs is 1. The maximum Gasteiger partial charge on any atom is 0.149 e. The van der Waals surface area contributed by atoms with Gasteiger partial charge in [-0.25, -0.2) is 13.8 Å². The molecule has 2 aromatic carbocycles. The largest absolute Gasteiger partial charge is 0.353 e. The highest BCUT2D eigenvalue weighted by Crippen LogP contribution is 2.26. The number of hydrogen-bond donors (Lipinski definition) is 1. The van der Waals surface area contributed by atoms with E-state index in [2.05, 4.69) is 16.1 Å². The molecule has 0 saturated carbocycles. The van der Waals surface area contributed by atoms with Gasteiger partial charge in [0.15, 0.2) is 0 Å². The minimum Gasteiger partial charge on any atom is -0.353 e. The molecule has 0 aliphatic carbocycles. The summed E-state index contributed by atoms with van der Waals surface area (Å²) in [6.07, 6.45) is 5.53. The van der Waals surface area contributed by atoms with Crippen LogP contribution in [0.25, 0.3) is 11.3 Å². The van der Waals surface area contributed by atoms with Crippen molar-refractivity contribution in [2.24, 2.45) is 0 Å². The number of imidazole rings is 1. The van der Waals surface area contributed by atoms with Crippen molar-refractivity contribution in [1.82, 2.24) is 9.55 Å². The molecule has 122 valence electrons. The van der Waals surface area contributed by atoms with Crippen LogP contribution in [0.4, 0.5) is 20.2 Å². The number of halogens is 2. The first-order valence-corrected chi connectivity index (χ1v) is 8.07. The fraction of sp³-hybridized carbons (Fsp3) is 0.211. The second kappa shape index (κ2) is 6.07. The third-order valence-electron chi connectivity index (χ3n) is 4.30. The van der Waals surface area contributed by atoms with Gasteiger partial charge in [-0.05, 0) is 37.1 Å². The van der Waals surface area contributed by atoms with Crippen LogP contribution in [0, 0.1) is 11.6 Å². The predicted molar refractivity (Wildman–Crippen MR) is 90.2 cm³/mol. The monoisotopic (exact) mass is 325 g/mol. The third-order valence-corrected chi connectivity index (χ3v) is 4.30. The first-order chi connectivity index (χ1) is 11.7. The highest BCUT2D eigenvalue weighted by atomic mass is 19.1. The average molecular weight is 325 g/mol. The summed E-state index contributed by atoms with van der Waals surface area (Å²) in [5.74, 6) is -0.0511. The first kappa shape index (κ1) is 14.9. The zero-order chi connectivity index (χ0) is 16.5. The van der Waals surface area contributed by atoms with E-state index >= 15 is 0 Å². The van der Waals surface area contributed by atoms with Crippen LogP contribution in [0.5, 0.6) is 0 Å². The van der Waals surface area contributed by atoms with E-state index in [-0.39, 0.29) is 5.69 Å². The first-order valence-electron chi connectivity index (χ1n) is 8.07. The summed E-state index contributed by atoms with van der Waals surface area (Å²) in [6, 6.07) is 11.1. The van der Waals surface area contributed by atoms with Gasteiger partial charge in [0.1, 0.15) is 17.5 Å². The van der Waals surface area contributed by atoms with E-state index in [0.717, 1.165) is 41.8 Å². The molecule has 1 aliphatic rings. The predicted octanol–water partition coefficient (Wildman–Crippen LogP) is 4.91. The fourth-order valence-corrected chi connectivity index (χ4v) is 3.02.